The number of halogens is 1. The second-order valence-corrected chi connectivity index (χ2v) is 5.67. The Labute approximate surface area is 118 Å². The van der Waals surface area contributed by atoms with Crippen LogP contribution in [-0.4, -0.2) is 4.37 Å². The maximum atomic E-state index is 4.52. The molecule has 0 aliphatic rings. The third-order valence-electron chi connectivity index (χ3n) is 2.71. The highest BCUT2D eigenvalue weighted by atomic mass is 79.9. The summed E-state index contributed by atoms with van der Waals surface area (Å²) in [5, 5.41) is 0. The lowest BCUT2D eigenvalue weighted by Crippen LogP contribution is -1.74. The highest BCUT2D eigenvalue weighted by Gasteiger charge is 2.05. The van der Waals surface area contributed by atoms with Crippen LogP contribution in [-0.2, 0) is 0 Å². The third-order valence-corrected chi connectivity index (χ3v) is 4.08. The molecular formula is C15H10BrNS. The summed E-state index contributed by atoms with van der Waals surface area (Å²) in [4.78, 5) is 1.20. The van der Waals surface area contributed by atoms with E-state index in [4.69, 9.17) is 0 Å². The highest BCUT2D eigenvalue weighted by Crippen LogP contribution is 2.30. The van der Waals surface area contributed by atoms with Crippen LogP contribution in [0.4, 0.5) is 0 Å². The maximum absolute atomic E-state index is 4.52. The van der Waals surface area contributed by atoms with Crippen LogP contribution >= 0.6 is 27.5 Å². The molecule has 3 heteroatoms. The molecule has 0 radical (unpaired) electrons. The molecular weight excluding hydrogens is 306 g/mol. The Morgan fingerprint density at radius 1 is 0.833 bits per heavy atom. The van der Waals surface area contributed by atoms with Crippen molar-refractivity contribution in [1.29, 1.82) is 0 Å². The van der Waals surface area contributed by atoms with Gasteiger partial charge in [0.05, 0.1) is 10.6 Å². The average Bonchev–Trinajstić information content (AvgIpc) is 2.90. The topological polar surface area (TPSA) is 12.9 Å². The molecule has 0 saturated carbocycles. The number of benzene rings is 2. The lowest BCUT2D eigenvalue weighted by molar-refractivity contribution is 1.52. The molecule has 0 fully saturated rings. The van der Waals surface area contributed by atoms with E-state index in [9.17, 15) is 0 Å². The molecule has 1 heterocycles. The van der Waals surface area contributed by atoms with E-state index < -0.39 is 0 Å². The standard InChI is InChI=1S/C15H10BrNS/c16-13-8-6-12(7-9-13)15-10-14(17-18-15)11-4-2-1-3-5-11/h1-10H. The van der Waals surface area contributed by atoms with Crippen molar-refractivity contribution in [3.63, 3.8) is 0 Å². The van der Waals surface area contributed by atoms with E-state index in [1.807, 2.05) is 18.2 Å². The fourth-order valence-electron chi connectivity index (χ4n) is 1.77. The summed E-state index contributed by atoms with van der Waals surface area (Å²) in [6.07, 6.45) is 0. The van der Waals surface area contributed by atoms with Crippen molar-refractivity contribution >= 4 is 27.5 Å². The van der Waals surface area contributed by atoms with Crippen molar-refractivity contribution in [2.45, 2.75) is 0 Å². The molecule has 0 spiro atoms. The first-order valence-electron chi connectivity index (χ1n) is 5.61. The minimum Gasteiger partial charge on any atom is -0.192 e. The van der Waals surface area contributed by atoms with Gasteiger partial charge in [-0.1, -0.05) is 58.4 Å². The van der Waals surface area contributed by atoms with Crippen molar-refractivity contribution < 1.29 is 0 Å². The van der Waals surface area contributed by atoms with Crippen molar-refractivity contribution in [3.05, 3.63) is 65.1 Å². The van der Waals surface area contributed by atoms with E-state index in [0.29, 0.717) is 0 Å². The monoisotopic (exact) mass is 315 g/mol. The van der Waals surface area contributed by atoms with E-state index in [1.54, 1.807) is 0 Å². The molecule has 18 heavy (non-hydrogen) atoms. The Hall–Kier alpha value is -1.45. The summed E-state index contributed by atoms with van der Waals surface area (Å²) in [7, 11) is 0. The molecule has 0 aliphatic heterocycles. The molecule has 0 aliphatic carbocycles. The molecule has 1 aromatic heterocycles. The number of nitrogens with zero attached hydrogens (tertiary/aromatic N) is 1. The van der Waals surface area contributed by atoms with E-state index >= 15 is 0 Å². The average molecular weight is 316 g/mol. The number of aromatic nitrogens is 1. The minimum absolute atomic E-state index is 1.04. The molecule has 0 amide bonds. The van der Waals surface area contributed by atoms with Crippen LogP contribution in [0.1, 0.15) is 0 Å². The van der Waals surface area contributed by atoms with Crippen LogP contribution in [0.15, 0.2) is 65.1 Å². The van der Waals surface area contributed by atoms with Crippen LogP contribution in [0, 0.1) is 0 Å². The molecule has 0 atom stereocenters. The normalized spacial score (nSPS) is 10.5. The van der Waals surface area contributed by atoms with Gasteiger partial charge in [0.2, 0.25) is 0 Å². The van der Waals surface area contributed by atoms with Crippen molar-refractivity contribution in [3.8, 4) is 21.7 Å². The molecule has 0 N–H and O–H groups in total. The van der Waals surface area contributed by atoms with Gasteiger partial charge in [-0.05, 0) is 35.3 Å². The van der Waals surface area contributed by atoms with Crippen LogP contribution < -0.4 is 0 Å². The van der Waals surface area contributed by atoms with Crippen molar-refractivity contribution in [2.75, 3.05) is 0 Å². The highest BCUT2D eigenvalue weighted by molar-refractivity contribution is 9.10. The molecule has 0 unspecified atom stereocenters. The summed E-state index contributed by atoms with van der Waals surface area (Å²) in [6.45, 7) is 0. The number of hydrogen-bond acceptors (Lipinski definition) is 2. The van der Waals surface area contributed by atoms with Crippen LogP contribution in [0.25, 0.3) is 21.7 Å². The second kappa shape index (κ2) is 5.04. The quantitative estimate of drug-likeness (QED) is 0.630. The van der Waals surface area contributed by atoms with Gasteiger partial charge in [0.1, 0.15) is 0 Å². The molecule has 3 aromatic rings. The van der Waals surface area contributed by atoms with Gasteiger partial charge in [0.15, 0.2) is 0 Å². The van der Waals surface area contributed by atoms with Gasteiger partial charge in [-0.3, -0.25) is 0 Å². The van der Waals surface area contributed by atoms with Gasteiger partial charge in [0, 0.05) is 10.0 Å². The van der Waals surface area contributed by atoms with Crippen LogP contribution in [0.5, 0.6) is 0 Å². The van der Waals surface area contributed by atoms with Gasteiger partial charge < -0.3 is 0 Å². The molecule has 88 valence electrons. The Balaban J connectivity index is 1.97. The Morgan fingerprint density at radius 3 is 2.28 bits per heavy atom. The van der Waals surface area contributed by atoms with Crippen molar-refractivity contribution in [1.82, 2.24) is 4.37 Å². The first-order chi connectivity index (χ1) is 8.83. The second-order valence-electron chi connectivity index (χ2n) is 3.95. The number of hydrogen-bond donors (Lipinski definition) is 0. The first kappa shape index (κ1) is 11.6. The van der Waals surface area contributed by atoms with E-state index in [1.165, 1.54) is 22.0 Å². The Bertz CT molecular complexity index is 644. The van der Waals surface area contributed by atoms with Crippen molar-refractivity contribution in [2.24, 2.45) is 0 Å². The van der Waals surface area contributed by atoms with Gasteiger partial charge in [0.25, 0.3) is 0 Å². The predicted octanol–water partition coefficient (Wildman–Crippen LogP) is 5.24. The third kappa shape index (κ3) is 2.37. The summed E-state index contributed by atoms with van der Waals surface area (Å²) < 4.78 is 5.61. The lowest BCUT2D eigenvalue weighted by Gasteiger charge is -1.96. The van der Waals surface area contributed by atoms with Gasteiger partial charge in [-0.15, -0.1) is 0 Å². The molecule has 0 saturated heterocycles. The minimum atomic E-state index is 1.04. The SMILES string of the molecule is Brc1ccc(-c2cc(-c3ccccc3)ns2)cc1. The molecule has 1 nitrogen and oxygen atoms in total. The fraction of sp³-hybridized carbons (Fsp3) is 0. The lowest BCUT2D eigenvalue weighted by atomic mass is 10.1. The maximum Gasteiger partial charge on any atom is 0.0847 e. The molecule has 0 bridgehead atoms. The Kier molecular flexibility index (Phi) is 3.26. The molecule has 2 aromatic carbocycles. The Morgan fingerprint density at radius 2 is 1.56 bits per heavy atom. The zero-order chi connectivity index (χ0) is 12.4. The zero-order valence-corrected chi connectivity index (χ0v) is 11.9. The summed E-state index contributed by atoms with van der Waals surface area (Å²) in [5.41, 5.74) is 3.41. The van der Waals surface area contributed by atoms with Gasteiger partial charge in [-0.2, -0.15) is 4.37 Å². The van der Waals surface area contributed by atoms with E-state index in [0.717, 1.165) is 15.7 Å². The first-order valence-corrected chi connectivity index (χ1v) is 7.18. The zero-order valence-electron chi connectivity index (χ0n) is 9.51. The van der Waals surface area contributed by atoms with Gasteiger partial charge in [-0.25, -0.2) is 0 Å². The summed E-state index contributed by atoms with van der Waals surface area (Å²) in [6, 6.07) is 20.7. The van der Waals surface area contributed by atoms with Crippen LogP contribution in [0.3, 0.4) is 0 Å². The van der Waals surface area contributed by atoms with E-state index in [2.05, 4.69) is 62.8 Å². The summed E-state index contributed by atoms with van der Waals surface area (Å²) in [5.74, 6) is 0. The van der Waals surface area contributed by atoms with Gasteiger partial charge >= 0.3 is 0 Å². The van der Waals surface area contributed by atoms with Crippen LogP contribution in [0.2, 0.25) is 0 Å². The van der Waals surface area contributed by atoms with E-state index in [-0.39, 0.29) is 0 Å². The number of rotatable bonds is 2. The largest absolute Gasteiger partial charge is 0.192 e. The molecule has 3 rings (SSSR count). The smallest absolute Gasteiger partial charge is 0.0847 e. The predicted molar refractivity (Wildman–Crippen MR) is 80.7 cm³/mol. The summed E-state index contributed by atoms with van der Waals surface area (Å²) >= 11 is 4.99. The fourth-order valence-corrected chi connectivity index (χ4v) is 2.80.